The van der Waals surface area contributed by atoms with Crippen molar-refractivity contribution in [1.29, 1.82) is 0 Å². The first-order valence-corrected chi connectivity index (χ1v) is 10.9. The highest BCUT2D eigenvalue weighted by atomic mass is 16.2. The SMILES string of the molecule is Cc1ccc(C)c(-n2ncc(NC(=O)N3CCC(CN4CCCCC4)C3)c2C)c1. The molecule has 2 aromatic rings. The van der Waals surface area contributed by atoms with Gasteiger partial charge in [0.1, 0.15) is 0 Å². The summed E-state index contributed by atoms with van der Waals surface area (Å²) in [4.78, 5) is 17.4. The number of hydrogen-bond donors (Lipinski definition) is 1. The van der Waals surface area contributed by atoms with E-state index in [-0.39, 0.29) is 6.03 Å². The number of benzene rings is 1. The van der Waals surface area contributed by atoms with Crippen LogP contribution in [0.3, 0.4) is 0 Å². The third kappa shape index (κ3) is 4.47. The van der Waals surface area contributed by atoms with E-state index in [1.807, 2.05) is 16.5 Å². The number of aromatic nitrogens is 2. The Bertz CT molecular complexity index is 868. The molecule has 4 rings (SSSR count). The highest BCUT2D eigenvalue weighted by Crippen LogP contribution is 2.24. The minimum Gasteiger partial charge on any atom is -0.324 e. The molecule has 29 heavy (non-hydrogen) atoms. The van der Waals surface area contributed by atoms with Crippen molar-refractivity contribution in [2.24, 2.45) is 5.92 Å². The average Bonchev–Trinajstić information content (AvgIpc) is 3.32. The zero-order chi connectivity index (χ0) is 20.4. The maximum Gasteiger partial charge on any atom is 0.321 e. The predicted molar refractivity (Wildman–Crippen MR) is 117 cm³/mol. The summed E-state index contributed by atoms with van der Waals surface area (Å²) in [5, 5.41) is 7.63. The van der Waals surface area contributed by atoms with E-state index < -0.39 is 0 Å². The number of amides is 2. The van der Waals surface area contributed by atoms with Gasteiger partial charge in [-0.05, 0) is 76.2 Å². The Labute approximate surface area is 173 Å². The molecule has 1 N–H and O–H groups in total. The number of rotatable bonds is 4. The molecule has 2 aliphatic heterocycles. The van der Waals surface area contributed by atoms with E-state index in [2.05, 4.69) is 47.4 Å². The fourth-order valence-corrected chi connectivity index (χ4v) is 4.59. The van der Waals surface area contributed by atoms with Crippen molar-refractivity contribution in [3.63, 3.8) is 0 Å². The normalized spacial score (nSPS) is 20.2. The standard InChI is InChI=1S/C23H33N5O/c1-17-7-8-18(2)22(13-17)28-19(3)21(14-24-28)25-23(29)27-12-9-20(16-27)15-26-10-5-4-6-11-26/h7-8,13-14,20H,4-6,9-12,15-16H2,1-3H3,(H,25,29). The molecule has 2 saturated heterocycles. The highest BCUT2D eigenvalue weighted by molar-refractivity contribution is 5.90. The Morgan fingerprint density at radius 2 is 1.93 bits per heavy atom. The minimum atomic E-state index is -0.00485. The van der Waals surface area contributed by atoms with E-state index in [9.17, 15) is 4.79 Å². The van der Waals surface area contributed by atoms with Crippen molar-refractivity contribution < 1.29 is 4.79 Å². The van der Waals surface area contributed by atoms with Crippen LogP contribution in [0.4, 0.5) is 10.5 Å². The lowest BCUT2D eigenvalue weighted by molar-refractivity contribution is 0.192. The van der Waals surface area contributed by atoms with Gasteiger partial charge < -0.3 is 15.1 Å². The van der Waals surface area contributed by atoms with Crippen LogP contribution in [0.1, 0.15) is 42.5 Å². The Morgan fingerprint density at radius 1 is 1.14 bits per heavy atom. The summed E-state index contributed by atoms with van der Waals surface area (Å²) in [7, 11) is 0. The quantitative estimate of drug-likeness (QED) is 0.847. The molecule has 0 aliphatic carbocycles. The first kappa shape index (κ1) is 20.0. The summed E-state index contributed by atoms with van der Waals surface area (Å²) in [5.74, 6) is 0.595. The Kier molecular flexibility index (Phi) is 5.90. The first-order valence-electron chi connectivity index (χ1n) is 10.9. The lowest BCUT2D eigenvalue weighted by Gasteiger charge is -2.29. The molecule has 3 heterocycles. The topological polar surface area (TPSA) is 53.4 Å². The van der Waals surface area contributed by atoms with Crippen LogP contribution in [0.15, 0.2) is 24.4 Å². The van der Waals surface area contributed by atoms with Gasteiger partial charge in [-0.2, -0.15) is 5.10 Å². The molecule has 1 aromatic carbocycles. The van der Waals surface area contributed by atoms with Crippen LogP contribution in [0, 0.1) is 26.7 Å². The van der Waals surface area contributed by atoms with Crippen LogP contribution in [0.25, 0.3) is 5.69 Å². The number of nitrogens with zero attached hydrogens (tertiary/aromatic N) is 4. The molecule has 1 unspecified atom stereocenters. The Morgan fingerprint density at radius 3 is 2.72 bits per heavy atom. The van der Waals surface area contributed by atoms with Crippen LogP contribution in [0.5, 0.6) is 0 Å². The van der Waals surface area contributed by atoms with Gasteiger partial charge in [0.25, 0.3) is 0 Å². The number of nitrogens with one attached hydrogen (secondary N) is 1. The summed E-state index contributed by atoms with van der Waals surface area (Å²) in [5.41, 5.74) is 5.17. The molecule has 2 fully saturated rings. The van der Waals surface area contributed by atoms with Gasteiger partial charge in [-0.15, -0.1) is 0 Å². The third-order valence-electron chi connectivity index (χ3n) is 6.38. The lowest BCUT2D eigenvalue weighted by atomic mass is 10.1. The smallest absolute Gasteiger partial charge is 0.321 e. The van der Waals surface area contributed by atoms with E-state index in [0.717, 1.165) is 43.1 Å². The maximum absolute atomic E-state index is 12.8. The second-order valence-electron chi connectivity index (χ2n) is 8.74. The predicted octanol–water partition coefficient (Wildman–Crippen LogP) is 4.14. The van der Waals surface area contributed by atoms with Crippen molar-refractivity contribution >= 4 is 11.7 Å². The van der Waals surface area contributed by atoms with Gasteiger partial charge in [0, 0.05) is 19.6 Å². The Balaban J connectivity index is 1.38. The summed E-state index contributed by atoms with van der Waals surface area (Å²) < 4.78 is 1.92. The molecule has 0 radical (unpaired) electrons. The average molecular weight is 396 g/mol. The number of anilines is 1. The maximum atomic E-state index is 12.8. The summed E-state index contributed by atoms with van der Waals surface area (Å²) in [6.45, 7) is 11.4. The van der Waals surface area contributed by atoms with Gasteiger partial charge in [0.2, 0.25) is 0 Å². The van der Waals surface area contributed by atoms with Crippen molar-refractivity contribution in [1.82, 2.24) is 19.6 Å². The number of carbonyl (C=O) groups is 1. The van der Waals surface area contributed by atoms with E-state index in [4.69, 9.17) is 0 Å². The summed E-state index contributed by atoms with van der Waals surface area (Å²) in [6, 6.07) is 6.34. The van der Waals surface area contributed by atoms with Crippen molar-refractivity contribution in [2.75, 3.05) is 38.0 Å². The van der Waals surface area contributed by atoms with E-state index in [0.29, 0.717) is 5.92 Å². The van der Waals surface area contributed by atoms with Crippen LogP contribution < -0.4 is 5.32 Å². The van der Waals surface area contributed by atoms with Crippen LogP contribution in [-0.4, -0.2) is 58.3 Å². The number of urea groups is 1. The molecule has 156 valence electrons. The number of likely N-dealkylation sites (tertiary alicyclic amines) is 2. The van der Waals surface area contributed by atoms with Gasteiger partial charge in [-0.1, -0.05) is 18.6 Å². The number of piperidine rings is 1. The molecule has 1 atom stereocenters. The van der Waals surface area contributed by atoms with E-state index in [1.54, 1.807) is 6.20 Å². The zero-order valence-electron chi connectivity index (χ0n) is 17.9. The van der Waals surface area contributed by atoms with Gasteiger partial charge >= 0.3 is 6.03 Å². The fourth-order valence-electron chi connectivity index (χ4n) is 4.59. The molecule has 6 heteroatoms. The van der Waals surface area contributed by atoms with Crippen LogP contribution in [-0.2, 0) is 0 Å². The van der Waals surface area contributed by atoms with Gasteiger partial charge in [0.15, 0.2) is 0 Å². The van der Waals surface area contributed by atoms with Gasteiger partial charge in [0.05, 0.1) is 23.3 Å². The zero-order valence-corrected chi connectivity index (χ0v) is 17.9. The number of carbonyl (C=O) groups excluding carboxylic acids is 1. The molecule has 0 saturated carbocycles. The first-order chi connectivity index (χ1) is 14.0. The number of aryl methyl sites for hydroxylation is 2. The molecule has 6 nitrogen and oxygen atoms in total. The molecule has 2 aliphatic rings. The molecule has 0 bridgehead atoms. The van der Waals surface area contributed by atoms with E-state index >= 15 is 0 Å². The van der Waals surface area contributed by atoms with Crippen molar-refractivity contribution in [3.05, 3.63) is 41.2 Å². The summed E-state index contributed by atoms with van der Waals surface area (Å²) in [6.07, 6.45) is 6.87. The largest absolute Gasteiger partial charge is 0.324 e. The van der Waals surface area contributed by atoms with Crippen molar-refractivity contribution in [3.8, 4) is 5.69 Å². The Hall–Kier alpha value is -2.34. The highest BCUT2D eigenvalue weighted by Gasteiger charge is 2.28. The lowest BCUT2D eigenvalue weighted by Crippen LogP contribution is -2.37. The third-order valence-corrected chi connectivity index (χ3v) is 6.38. The fraction of sp³-hybridized carbons (Fsp3) is 0.565. The van der Waals surface area contributed by atoms with Crippen molar-refractivity contribution in [2.45, 2.75) is 46.5 Å². The van der Waals surface area contributed by atoms with Crippen LogP contribution >= 0.6 is 0 Å². The molecule has 2 amide bonds. The molecule has 0 spiro atoms. The second-order valence-corrected chi connectivity index (χ2v) is 8.74. The molecular formula is C23H33N5O. The molecular weight excluding hydrogens is 362 g/mol. The van der Waals surface area contributed by atoms with E-state index in [1.165, 1.54) is 43.5 Å². The molecule has 1 aromatic heterocycles. The van der Waals surface area contributed by atoms with Gasteiger partial charge in [-0.3, -0.25) is 0 Å². The van der Waals surface area contributed by atoms with Gasteiger partial charge in [-0.25, -0.2) is 9.48 Å². The summed E-state index contributed by atoms with van der Waals surface area (Å²) >= 11 is 0. The second kappa shape index (κ2) is 8.57. The number of hydrogen-bond acceptors (Lipinski definition) is 3. The minimum absolute atomic E-state index is 0.00485. The monoisotopic (exact) mass is 395 g/mol. The van der Waals surface area contributed by atoms with Crippen LogP contribution in [0.2, 0.25) is 0 Å².